The minimum absolute atomic E-state index is 0.197. The first-order valence-electron chi connectivity index (χ1n) is 5.60. The van der Waals surface area contributed by atoms with Gasteiger partial charge in [0, 0.05) is 4.87 Å². The SMILES string of the molecule is C[C@]12CC3CC(Cl)(C1)C[C@@](C)(C3)C2. The molecule has 4 rings (SSSR count). The highest BCUT2D eigenvalue weighted by atomic mass is 35.5. The number of hydrogen-bond donors (Lipinski definition) is 0. The van der Waals surface area contributed by atoms with Crippen LogP contribution in [0.15, 0.2) is 0 Å². The van der Waals surface area contributed by atoms with Crippen molar-refractivity contribution in [1.82, 2.24) is 0 Å². The van der Waals surface area contributed by atoms with Crippen molar-refractivity contribution in [2.45, 2.75) is 57.2 Å². The van der Waals surface area contributed by atoms with Crippen molar-refractivity contribution in [2.75, 3.05) is 0 Å². The van der Waals surface area contributed by atoms with Crippen LogP contribution in [-0.2, 0) is 0 Å². The summed E-state index contributed by atoms with van der Waals surface area (Å²) in [6, 6.07) is 0. The first-order valence-corrected chi connectivity index (χ1v) is 5.97. The highest BCUT2D eigenvalue weighted by Crippen LogP contribution is 2.68. The molecule has 74 valence electrons. The molecule has 4 fully saturated rings. The van der Waals surface area contributed by atoms with Gasteiger partial charge in [0.2, 0.25) is 0 Å². The van der Waals surface area contributed by atoms with Gasteiger partial charge in [-0.1, -0.05) is 13.8 Å². The normalized spacial score (nSPS) is 64.4. The summed E-state index contributed by atoms with van der Waals surface area (Å²) < 4.78 is 0. The molecule has 0 spiro atoms. The van der Waals surface area contributed by atoms with Crippen LogP contribution in [0.5, 0.6) is 0 Å². The summed E-state index contributed by atoms with van der Waals surface area (Å²) >= 11 is 6.71. The Bertz CT molecular complexity index is 207. The van der Waals surface area contributed by atoms with E-state index in [4.69, 9.17) is 11.6 Å². The zero-order valence-electron chi connectivity index (χ0n) is 8.70. The molecule has 0 aliphatic heterocycles. The van der Waals surface area contributed by atoms with Crippen LogP contribution in [0.3, 0.4) is 0 Å². The summed E-state index contributed by atoms with van der Waals surface area (Å²) in [6.45, 7) is 4.93. The summed E-state index contributed by atoms with van der Waals surface area (Å²) in [5, 5.41) is 0. The highest BCUT2D eigenvalue weighted by molar-refractivity contribution is 6.24. The zero-order valence-corrected chi connectivity index (χ0v) is 9.45. The predicted molar refractivity (Wildman–Crippen MR) is 56.0 cm³/mol. The molecule has 0 amide bonds. The molecule has 0 aromatic rings. The van der Waals surface area contributed by atoms with Crippen molar-refractivity contribution in [3.05, 3.63) is 0 Å². The molecule has 2 unspecified atom stereocenters. The Labute approximate surface area is 86.0 Å². The van der Waals surface area contributed by atoms with Gasteiger partial charge in [-0.3, -0.25) is 0 Å². The monoisotopic (exact) mass is 198 g/mol. The second-order valence-corrected chi connectivity index (χ2v) is 7.58. The van der Waals surface area contributed by atoms with Gasteiger partial charge in [0.25, 0.3) is 0 Å². The molecule has 0 aromatic heterocycles. The minimum Gasteiger partial charge on any atom is -0.119 e. The maximum absolute atomic E-state index is 6.71. The van der Waals surface area contributed by atoms with Gasteiger partial charge in [-0.15, -0.1) is 11.6 Å². The molecule has 1 heteroatoms. The van der Waals surface area contributed by atoms with Gasteiger partial charge in [-0.25, -0.2) is 0 Å². The lowest BCUT2D eigenvalue weighted by Crippen LogP contribution is -2.55. The van der Waals surface area contributed by atoms with Gasteiger partial charge in [0.15, 0.2) is 0 Å². The standard InChI is InChI=1S/C12H19Cl/c1-10-3-9-4-11(2,6-10)8-12(13,5-9)7-10/h9H,3-8H2,1-2H3/t9?,10-,11+,12?. The summed E-state index contributed by atoms with van der Waals surface area (Å²) in [4.78, 5) is 0.197. The Morgan fingerprint density at radius 2 is 1.46 bits per heavy atom. The molecule has 4 saturated carbocycles. The summed E-state index contributed by atoms with van der Waals surface area (Å²) in [7, 11) is 0. The molecular weight excluding hydrogens is 180 g/mol. The second kappa shape index (κ2) is 2.10. The van der Waals surface area contributed by atoms with E-state index >= 15 is 0 Å². The van der Waals surface area contributed by atoms with Crippen LogP contribution in [0.25, 0.3) is 0 Å². The Hall–Kier alpha value is 0.290. The largest absolute Gasteiger partial charge is 0.119 e. The minimum atomic E-state index is 0.197. The molecule has 0 heterocycles. The van der Waals surface area contributed by atoms with Crippen molar-refractivity contribution < 1.29 is 0 Å². The fourth-order valence-corrected chi connectivity index (χ4v) is 6.17. The Kier molecular flexibility index (Phi) is 1.39. The van der Waals surface area contributed by atoms with E-state index in [1.165, 1.54) is 38.5 Å². The Balaban J connectivity index is 2.03. The molecule has 0 saturated heterocycles. The number of hydrogen-bond acceptors (Lipinski definition) is 0. The first-order chi connectivity index (χ1) is 5.91. The van der Waals surface area contributed by atoms with E-state index in [-0.39, 0.29) is 4.87 Å². The average Bonchev–Trinajstić information content (AvgIpc) is 1.71. The van der Waals surface area contributed by atoms with Crippen molar-refractivity contribution in [3.63, 3.8) is 0 Å². The number of alkyl halides is 1. The van der Waals surface area contributed by atoms with E-state index < -0.39 is 0 Å². The number of halogens is 1. The Morgan fingerprint density at radius 1 is 0.923 bits per heavy atom. The average molecular weight is 199 g/mol. The fraction of sp³-hybridized carbons (Fsp3) is 1.00. The summed E-state index contributed by atoms with van der Waals surface area (Å²) in [5.41, 5.74) is 1.19. The van der Waals surface area contributed by atoms with Crippen molar-refractivity contribution in [1.29, 1.82) is 0 Å². The topological polar surface area (TPSA) is 0 Å². The number of rotatable bonds is 0. The van der Waals surface area contributed by atoms with Gasteiger partial charge in [-0.2, -0.15) is 0 Å². The van der Waals surface area contributed by atoms with Crippen LogP contribution in [0, 0.1) is 16.7 Å². The molecule has 4 aliphatic carbocycles. The quantitative estimate of drug-likeness (QED) is 0.517. The summed E-state index contributed by atoms with van der Waals surface area (Å²) in [5.74, 6) is 0.948. The van der Waals surface area contributed by atoms with E-state index in [2.05, 4.69) is 13.8 Å². The first kappa shape index (κ1) is 8.59. The van der Waals surface area contributed by atoms with E-state index in [0.717, 1.165) is 5.92 Å². The molecule has 4 bridgehead atoms. The van der Waals surface area contributed by atoms with Crippen molar-refractivity contribution >= 4 is 11.6 Å². The third-order valence-corrected chi connectivity index (χ3v) is 4.98. The lowest BCUT2D eigenvalue weighted by atomic mass is 9.45. The maximum atomic E-state index is 6.71. The van der Waals surface area contributed by atoms with E-state index in [1.54, 1.807) is 0 Å². The molecular formula is C12H19Cl. The van der Waals surface area contributed by atoms with E-state index in [1.807, 2.05) is 0 Å². The van der Waals surface area contributed by atoms with Gasteiger partial charge in [-0.05, 0) is 55.3 Å². The van der Waals surface area contributed by atoms with Crippen LogP contribution < -0.4 is 0 Å². The predicted octanol–water partition coefficient (Wildman–Crippen LogP) is 3.97. The third kappa shape index (κ3) is 1.17. The van der Waals surface area contributed by atoms with Crippen LogP contribution in [0.2, 0.25) is 0 Å². The molecule has 0 radical (unpaired) electrons. The molecule has 0 aromatic carbocycles. The molecule has 4 atom stereocenters. The van der Waals surface area contributed by atoms with Gasteiger partial charge in [0.1, 0.15) is 0 Å². The van der Waals surface area contributed by atoms with Crippen molar-refractivity contribution in [2.24, 2.45) is 16.7 Å². The molecule has 0 nitrogen and oxygen atoms in total. The lowest BCUT2D eigenvalue weighted by Gasteiger charge is -2.63. The van der Waals surface area contributed by atoms with Crippen LogP contribution in [0.1, 0.15) is 52.4 Å². The van der Waals surface area contributed by atoms with E-state index in [9.17, 15) is 0 Å². The fourth-order valence-electron chi connectivity index (χ4n) is 5.31. The second-order valence-electron chi connectivity index (χ2n) is 6.78. The molecule has 4 aliphatic rings. The van der Waals surface area contributed by atoms with Crippen LogP contribution >= 0.6 is 11.6 Å². The van der Waals surface area contributed by atoms with Crippen LogP contribution in [-0.4, -0.2) is 4.87 Å². The molecule has 13 heavy (non-hydrogen) atoms. The van der Waals surface area contributed by atoms with Crippen molar-refractivity contribution in [3.8, 4) is 0 Å². The lowest BCUT2D eigenvalue weighted by molar-refractivity contribution is -0.0802. The Morgan fingerprint density at radius 3 is 1.85 bits per heavy atom. The smallest absolute Gasteiger partial charge is 0.0459 e. The summed E-state index contributed by atoms with van der Waals surface area (Å²) in [6.07, 6.45) is 8.22. The van der Waals surface area contributed by atoms with E-state index in [0.29, 0.717) is 10.8 Å². The van der Waals surface area contributed by atoms with Gasteiger partial charge < -0.3 is 0 Å². The molecule has 0 N–H and O–H groups in total. The van der Waals surface area contributed by atoms with Gasteiger partial charge in [0.05, 0.1) is 0 Å². The van der Waals surface area contributed by atoms with Crippen LogP contribution in [0.4, 0.5) is 0 Å². The zero-order chi connectivity index (χ0) is 9.32. The highest BCUT2D eigenvalue weighted by Gasteiger charge is 2.59. The van der Waals surface area contributed by atoms with Gasteiger partial charge >= 0.3 is 0 Å². The maximum Gasteiger partial charge on any atom is 0.0459 e. The third-order valence-electron chi connectivity index (χ3n) is 4.56.